The third-order valence-corrected chi connectivity index (χ3v) is 6.14. The van der Waals surface area contributed by atoms with Crippen LogP contribution in [-0.2, 0) is 4.79 Å². The number of thioether (sulfide) groups is 1. The molecule has 0 aliphatic carbocycles. The Bertz CT molecular complexity index is 1270. The predicted octanol–water partition coefficient (Wildman–Crippen LogP) is 5.25. The standard InChI is InChI=1S/C27H26N2O7S/c1-2-3-14-36-20-9-5-18(6-10-20)28-24(30)16-37-21-11-7-19(8-12-21)29-25(31)22-13-4-17(26(32)33)15-23(22)27(34)35/h4-13,15H,2-3,14,16H2,1H3,(H,28,30)(H,29,31)(H,32,33)(H,34,35). The van der Waals surface area contributed by atoms with Crippen molar-refractivity contribution >= 4 is 46.9 Å². The molecule has 0 aliphatic heterocycles. The molecule has 37 heavy (non-hydrogen) atoms. The predicted molar refractivity (Wildman–Crippen MR) is 141 cm³/mol. The van der Waals surface area contributed by atoms with Crippen molar-refractivity contribution in [3.05, 3.63) is 83.4 Å². The van der Waals surface area contributed by atoms with Crippen LogP contribution in [0.3, 0.4) is 0 Å². The van der Waals surface area contributed by atoms with Crippen molar-refractivity contribution in [1.29, 1.82) is 0 Å². The van der Waals surface area contributed by atoms with Gasteiger partial charge < -0.3 is 25.6 Å². The first kappa shape index (κ1) is 27.3. The molecule has 0 atom stereocenters. The quantitative estimate of drug-likeness (QED) is 0.187. The van der Waals surface area contributed by atoms with E-state index in [1.54, 1.807) is 36.4 Å². The fraction of sp³-hybridized carbons (Fsp3) is 0.185. The number of nitrogens with one attached hydrogen (secondary N) is 2. The molecule has 0 heterocycles. The molecular formula is C27H26N2O7S. The zero-order chi connectivity index (χ0) is 26.8. The van der Waals surface area contributed by atoms with Gasteiger partial charge in [-0.15, -0.1) is 11.8 Å². The number of aromatic carboxylic acids is 2. The number of carboxylic acid groups (broad SMARTS) is 2. The third-order valence-electron chi connectivity index (χ3n) is 5.13. The third kappa shape index (κ3) is 8.11. The molecule has 4 N–H and O–H groups in total. The van der Waals surface area contributed by atoms with E-state index in [0.717, 1.165) is 35.6 Å². The van der Waals surface area contributed by atoms with Crippen LogP contribution >= 0.6 is 11.8 Å². The van der Waals surface area contributed by atoms with Crippen LogP contribution in [-0.4, -0.2) is 46.3 Å². The molecule has 0 bridgehead atoms. The van der Waals surface area contributed by atoms with Crippen LogP contribution in [0.5, 0.6) is 5.75 Å². The average Bonchev–Trinajstić information content (AvgIpc) is 2.89. The van der Waals surface area contributed by atoms with Crippen molar-refractivity contribution in [1.82, 2.24) is 0 Å². The minimum Gasteiger partial charge on any atom is -0.494 e. The first-order chi connectivity index (χ1) is 17.8. The summed E-state index contributed by atoms with van der Waals surface area (Å²) in [5, 5.41) is 23.8. The normalized spacial score (nSPS) is 10.4. The fourth-order valence-electron chi connectivity index (χ4n) is 3.20. The molecule has 0 aliphatic rings. The number of rotatable bonds is 12. The van der Waals surface area contributed by atoms with E-state index in [4.69, 9.17) is 9.84 Å². The second kappa shape index (κ2) is 13.1. The van der Waals surface area contributed by atoms with Crippen LogP contribution < -0.4 is 15.4 Å². The maximum atomic E-state index is 12.6. The van der Waals surface area contributed by atoms with Crippen molar-refractivity contribution in [3.63, 3.8) is 0 Å². The van der Waals surface area contributed by atoms with Gasteiger partial charge in [-0.05, 0) is 73.2 Å². The molecule has 0 fully saturated rings. The smallest absolute Gasteiger partial charge is 0.336 e. The summed E-state index contributed by atoms with van der Waals surface area (Å²) in [6.45, 7) is 2.75. The van der Waals surface area contributed by atoms with Crippen molar-refractivity contribution in [2.45, 2.75) is 24.7 Å². The van der Waals surface area contributed by atoms with E-state index in [0.29, 0.717) is 18.0 Å². The van der Waals surface area contributed by atoms with Crippen LogP contribution in [0.4, 0.5) is 11.4 Å². The Morgan fingerprint density at radius 1 is 0.811 bits per heavy atom. The van der Waals surface area contributed by atoms with Crippen LogP contribution in [0.1, 0.15) is 50.8 Å². The largest absolute Gasteiger partial charge is 0.494 e. The van der Waals surface area contributed by atoms with E-state index in [2.05, 4.69) is 17.6 Å². The van der Waals surface area contributed by atoms with Crippen LogP contribution in [0, 0.1) is 0 Å². The molecule has 192 valence electrons. The number of amides is 2. The number of unbranched alkanes of at least 4 members (excludes halogenated alkanes) is 1. The van der Waals surface area contributed by atoms with Crippen molar-refractivity contribution in [3.8, 4) is 5.75 Å². The molecule has 9 nitrogen and oxygen atoms in total. The van der Waals surface area contributed by atoms with E-state index >= 15 is 0 Å². The highest BCUT2D eigenvalue weighted by Crippen LogP contribution is 2.22. The molecule has 0 saturated heterocycles. The number of hydrogen-bond acceptors (Lipinski definition) is 6. The topological polar surface area (TPSA) is 142 Å². The number of hydrogen-bond donors (Lipinski definition) is 4. The van der Waals surface area contributed by atoms with Gasteiger partial charge in [-0.2, -0.15) is 0 Å². The summed E-state index contributed by atoms with van der Waals surface area (Å²) in [6.07, 6.45) is 2.04. The van der Waals surface area contributed by atoms with Gasteiger partial charge in [0.05, 0.1) is 29.1 Å². The lowest BCUT2D eigenvalue weighted by atomic mass is 10.0. The Kier molecular flexibility index (Phi) is 9.68. The second-order valence-corrected chi connectivity index (χ2v) is 8.96. The minimum atomic E-state index is -1.41. The molecule has 0 aromatic heterocycles. The molecule has 2 amide bonds. The van der Waals surface area contributed by atoms with E-state index in [-0.39, 0.29) is 22.8 Å². The minimum absolute atomic E-state index is 0.159. The van der Waals surface area contributed by atoms with Crippen LogP contribution in [0.15, 0.2) is 71.6 Å². The zero-order valence-corrected chi connectivity index (χ0v) is 20.8. The maximum absolute atomic E-state index is 12.6. The first-order valence-electron chi connectivity index (χ1n) is 11.4. The number of ether oxygens (including phenoxy) is 1. The summed E-state index contributed by atoms with van der Waals surface area (Å²) in [7, 11) is 0. The highest BCUT2D eigenvalue weighted by Gasteiger charge is 2.19. The Morgan fingerprint density at radius 2 is 1.46 bits per heavy atom. The summed E-state index contributed by atoms with van der Waals surface area (Å²) in [6, 6.07) is 17.2. The fourth-order valence-corrected chi connectivity index (χ4v) is 3.90. The van der Waals surface area contributed by atoms with Gasteiger partial charge in [0.1, 0.15) is 5.75 Å². The summed E-state index contributed by atoms with van der Waals surface area (Å²) < 4.78 is 5.61. The summed E-state index contributed by atoms with van der Waals surface area (Å²) in [4.78, 5) is 48.3. The molecule has 0 unspecified atom stereocenters. The van der Waals surface area contributed by atoms with Gasteiger partial charge in [0.2, 0.25) is 5.91 Å². The Labute approximate surface area is 217 Å². The molecule has 3 aromatic rings. The van der Waals surface area contributed by atoms with Gasteiger partial charge in [0, 0.05) is 16.3 Å². The lowest BCUT2D eigenvalue weighted by molar-refractivity contribution is -0.113. The van der Waals surface area contributed by atoms with Crippen molar-refractivity contribution in [2.75, 3.05) is 23.0 Å². The van der Waals surface area contributed by atoms with E-state index in [9.17, 15) is 24.3 Å². The van der Waals surface area contributed by atoms with E-state index in [1.165, 1.54) is 17.8 Å². The highest BCUT2D eigenvalue weighted by molar-refractivity contribution is 8.00. The molecule has 3 aromatic carbocycles. The molecule has 3 rings (SSSR count). The second-order valence-electron chi connectivity index (χ2n) is 7.91. The highest BCUT2D eigenvalue weighted by atomic mass is 32.2. The molecule has 0 saturated carbocycles. The van der Waals surface area contributed by atoms with Crippen molar-refractivity contribution < 1.29 is 34.1 Å². The molecule has 10 heteroatoms. The monoisotopic (exact) mass is 522 g/mol. The number of anilines is 2. The summed E-state index contributed by atoms with van der Waals surface area (Å²) >= 11 is 1.32. The van der Waals surface area contributed by atoms with Gasteiger partial charge in [0.15, 0.2) is 0 Å². The summed E-state index contributed by atoms with van der Waals surface area (Å²) in [5.74, 6) is -2.62. The Morgan fingerprint density at radius 3 is 2.08 bits per heavy atom. The lowest BCUT2D eigenvalue weighted by Crippen LogP contribution is -2.17. The SMILES string of the molecule is CCCCOc1ccc(NC(=O)CSc2ccc(NC(=O)c3ccc(C(=O)O)cc3C(=O)O)cc2)cc1. The van der Waals surface area contributed by atoms with Gasteiger partial charge in [-0.3, -0.25) is 9.59 Å². The molecule has 0 radical (unpaired) electrons. The van der Waals surface area contributed by atoms with Crippen LogP contribution in [0.25, 0.3) is 0 Å². The lowest BCUT2D eigenvalue weighted by Gasteiger charge is -2.10. The van der Waals surface area contributed by atoms with Gasteiger partial charge in [-0.25, -0.2) is 9.59 Å². The van der Waals surface area contributed by atoms with Crippen LogP contribution in [0.2, 0.25) is 0 Å². The van der Waals surface area contributed by atoms with E-state index in [1.807, 2.05) is 12.1 Å². The molecule has 0 spiro atoms. The number of carbonyl (C=O) groups excluding carboxylic acids is 2. The maximum Gasteiger partial charge on any atom is 0.336 e. The number of benzene rings is 3. The van der Waals surface area contributed by atoms with E-state index < -0.39 is 23.4 Å². The number of carbonyl (C=O) groups is 4. The van der Waals surface area contributed by atoms with Gasteiger partial charge in [-0.1, -0.05) is 13.3 Å². The Hall–Kier alpha value is -4.31. The summed E-state index contributed by atoms with van der Waals surface area (Å²) in [5.41, 5.74) is 0.289. The molecular weight excluding hydrogens is 496 g/mol. The van der Waals surface area contributed by atoms with Crippen molar-refractivity contribution in [2.24, 2.45) is 0 Å². The Balaban J connectivity index is 1.52. The van der Waals surface area contributed by atoms with Gasteiger partial charge >= 0.3 is 11.9 Å². The number of carboxylic acids is 2. The van der Waals surface area contributed by atoms with Gasteiger partial charge in [0.25, 0.3) is 5.91 Å². The zero-order valence-electron chi connectivity index (χ0n) is 20.0. The average molecular weight is 523 g/mol. The first-order valence-corrected chi connectivity index (χ1v) is 12.4.